The summed E-state index contributed by atoms with van der Waals surface area (Å²) in [4.78, 5) is 7.37. The van der Waals surface area contributed by atoms with Crippen molar-refractivity contribution in [2.24, 2.45) is 0 Å². The van der Waals surface area contributed by atoms with Crippen molar-refractivity contribution in [3.05, 3.63) is 23.4 Å². The highest BCUT2D eigenvalue weighted by Crippen LogP contribution is 2.27. The standard InChI is InChI=1S/C17H29N3/c1-4-9-18-13-14-11-15(5-2)19-17(12-14)20-10-7-8-16(20)6-3/h11-12,16,18H,4-10,13H2,1-3H3. The fraction of sp³-hybridized carbons (Fsp3) is 0.706. The summed E-state index contributed by atoms with van der Waals surface area (Å²) in [6.45, 7) is 9.90. The van der Waals surface area contributed by atoms with Gasteiger partial charge in [-0.25, -0.2) is 4.98 Å². The molecule has 3 heteroatoms. The van der Waals surface area contributed by atoms with Crippen molar-refractivity contribution < 1.29 is 0 Å². The zero-order chi connectivity index (χ0) is 14.4. The topological polar surface area (TPSA) is 28.2 Å². The second kappa shape index (κ2) is 7.63. The molecule has 0 aliphatic carbocycles. The summed E-state index contributed by atoms with van der Waals surface area (Å²) >= 11 is 0. The lowest BCUT2D eigenvalue weighted by Gasteiger charge is -2.25. The van der Waals surface area contributed by atoms with Crippen LogP contribution in [0, 0.1) is 0 Å². The van der Waals surface area contributed by atoms with E-state index in [9.17, 15) is 0 Å². The summed E-state index contributed by atoms with van der Waals surface area (Å²) in [6.07, 6.45) is 6.04. The van der Waals surface area contributed by atoms with Gasteiger partial charge in [0, 0.05) is 24.8 Å². The third-order valence-corrected chi connectivity index (χ3v) is 4.19. The van der Waals surface area contributed by atoms with Crippen molar-refractivity contribution >= 4 is 5.82 Å². The quantitative estimate of drug-likeness (QED) is 0.772. The second-order valence-electron chi connectivity index (χ2n) is 5.75. The molecule has 1 aromatic heterocycles. The number of rotatable bonds is 7. The molecule has 1 atom stereocenters. The molecule has 0 radical (unpaired) electrons. The summed E-state index contributed by atoms with van der Waals surface area (Å²) in [5, 5.41) is 3.50. The first kappa shape index (κ1) is 15.3. The Morgan fingerprint density at radius 3 is 2.85 bits per heavy atom. The highest BCUT2D eigenvalue weighted by Gasteiger charge is 2.24. The maximum absolute atomic E-state index is 4.86. The first-order valence-corrected chi connectivity index (χ1v) is 8.25. The summed E-state index contributed by atoms with van der Waals surface area (Å²) < 4.78 is 0. The fourth-order valence-electron chi connectivity index (χ4n) is 3.03. The average Bonchev–Trinajstić information content (AvgIpc) is 2.95. The minimum atomic E-state index is 0.686. The molecule has 1 aliphatic heterocycles. The zero-order valence-electron chi connectivity index (χ0n) is 13.3. The number of pyridine rings is 1. The molecular weight excluding hydrogens is 246 g/mol. The van der Waals surface area contributed by atoms with Gasteiger partial charge in [-0.1, -0.05) is 20.8 Å². The molecule has 3 nitrogen and oxygen atoms in total. The van der Waals surface area contributed by atoms with E-state index in [1.165, 1.54) is 49.3 Å². The van der Waals surface area contributed by atoms with E-state index in [1.54, 1.807) is 0 Å². The van der Waals surface area contributed by atoms with Gasteiger partial charge in [0.25, 0.3) is 0 Å². The lowest BCUT2D eigenvalue weighted by atomic mass is 10.1. The van der Waals surface area contributed by atoms with E-state index >= 15 is 0 Å². The van der Waals surface area contributed by atoms with E-state index in [0.717, 1.165) is 19.5 Å². The van der Waals surface area contributed by atoms with E-state index in [-0.39, 0.29) is 0 Å². The normalized spacial score (nSPS) is 18.8. The van der Waals surface area contributed by atoms with Crippen molar-refractivity contribution in [3.8, 4) is 0 Å². The third-order valence-electron chi connectivity index (χ3n) is 4.19. The van der Waals surface area contributed by atoms with Gasteiger partial charge in [-0.3, -0.25) is 0 Å². The summed E-state index contributed by atoms with van der Waals surface area (Å²) in [6, 6.07) is 5.23. The highest BCUT2D eigenvalue weighted by molar-refractivity contribution is 5.45. The zero-order valence-corrected chi connectivity index (χ0v) is 13.3. The van der Waals surface area contributed by atoms with Crippen molar-refractivity contribution in [1.29, 1.82) is 0 Å². The molecule has 0 saturated carbocycles. The van der Waals surface area contributed by atoms with Crippen LogP contribution < -0.4 is 10.2 Å². The Hall–Kier alpha value is -1.09. The molecular formula is C17H29N3. The molecule has 0 aromatic carbocycles. The molecule has 1 aliphatic rings. The van der Waals surface area contributed by atoms with Gasteiger partial charge in [-0.15, -0.1) is 0 Å². The number of nitrogens with zero attached hydrogens (tertiary/aromatic N) is 2. The van der Waals surface area contributed by atoms with Gasteiger partial charge in [0.05, 0.1) is 0 Å². The first-order valence-electron chi connectivity index (χ1n) is 8.25. The van der Waals surface area contributed by atoms with Crippen LogP contribution in [0.3, 0.4) is 0 Å². The molecule has 1 aromatic rings. The van der Waals surface area contributed by atoms with Crippen LogP contribution >= 0.6 is 0 Å². The van der Waals surface area contributed by atoms with E-state index in [1.807, 2.05) is 0 Å². The number of aromatic nitrogens is 1. The number of anilines is 1. The minimum absolute atomic E-state index is 0.686. The van der Waals surface area contributed by atoms with Crippen LogP contribution in [0.5, 0.6) is 0 Å². The van der Waals surface area contributed by atoms with Crippen molar-refractivity contribution in [2.45, 2.75) is 65.5 Å². The van der Waals surface area contributed by atoms with Crippen LogP contribution in [0.4, 0.5) is 5.82 Å². The van der Waals surface area contributed by atoms with Crippen molar-refractivity contribution in [2.75, 3.05) is 18.0 Å². The molecule has 112 valence electrons. The molecule has 1 fully saturated rings. The Labute approximate surface area is 123 Å². The number of hydrogen-bond acceptors (Lipinski definition) is 3. The second-order valence-corrected chi connectivity index (χ2v) is 5.75. The van der Waals surface area contributed by atoms with E-state index < -0.39 is 0 Å². The fourth-order valence-corrected chi connectivity index (χ4v) is 3.03. The Morgan fingerprint density at radius 1 is 1.30 bits per heavy atom. The van der Waals surface area contributed by atoms with Crippen molar-refractivity contribution in [3.63, 3.8) is 0 Å². The van der Waals surface area contributed by atoms with Crippen LogP contribution in [0.1, 0.15) is 57.7 Å². The summed E-state index contributed by atoms with van der Waals surface area (Å²) in [5.41, 5.74) is 2.60. The lowest BCUT2D eigenvalue weighted by molar-refractivity contribution is 0.637. The molecule has 2 heterocycles. The van der Waals surface area contributed by atoms with Gasteiger partial charge < -0.3 is 10.2 Å². The largest absolute Gasteiger partial charge is 0.354 e. The van der Waals surface area contributed by atoms with Crippen molar-refractivity contribution in [1.82, 2.24) is 10.3 Å². The first-order chi connectivity index (χ1) is 9.78. The van der Waals surface area contributed by atoms with E-state index in [4.69, 9.17) is 4.98 Å². The van der Waals surface area contributed by atoms with Gasteiger partial charge in [-0.2, -0.15) is 0 Å². The SMILES string of the molecule is CCCNCc1cc(CC)nc(N2CCCC2CC)c1. The van der Waals surface area contributed by atoms with Gasteiger partial charge in [0.2, 0.25) is 0 Å². The van der Waals surface area contributed by atoms with Gasteiger partial charge in [0.1, 0.15) is 5.82 Å². The Morgan fingerprint density at radius 2 is 2.15 bits per heavy atom. The van der Waals surface area contributed by atoms with Gasteiger partial charge >= 0.3 is 0 Å². The van der Waals surface area contributed by atoms with E-state index in [2.05, 4.69) is 43.1 Å². The predicted molar refractivity (Wildman–Crippen MR) is 86.3 cm³/mol. The van der Waals surface area contributed by atoms with Gasteiger partial charge in [0.15, 0.2) is 0 Å². The van der Waals surface area contributed by atoms with Gasteiger partial charge in [-0.05, 0) is 56.3 Å². The highest BCUT2D eigenvalue weighted by atomic mass is 15.2. The Kier molecular flexibility index (Phi) is 5.84. The number of aryl methyl sites for hydroxylation is 1. The van der Waals surface area contributed by atoms with Crippen LogP contribution in [0.2, 0.25) is 0 Å². The number of hydrogen-bond donors (Lipinski definition) is 1. The van der Waals surface area contributed by atoms with Crippen LogP contribution in [-0.4, -0.2) is 24.1 Å². The molecule has 0 spiro atoms. The lowest BCUT2D eigenvalue weighted by Crippen LogP contribution is -2.29. The molecule has 0 amide bonds. The number of nitrogens with one attached hydrogen (secondary N) is 1. The summed E-state index contributed by atoms with van der Waals surface area (Å²) in [7, 11) is 0. The van der Waals surface area contributed by atoms with Crippen LogP contribution in [-0.2, 0) is 13.0 Å². The summed E-state index contributed by atoms with van der Waals surface area (Å²) in [5.74, 6) is 1.20. The molecule has 1 unspecified atom stereocenters. The smallest absolute Gasteiger partial charge is 0.129 e. The van der Waals surface area contributed by atoms with Crippen LogP contribution in [0.15, 0.2) is 12.1 Å². The van der Waals surface area contributed by atoms with E-state index in [0.29, 0.717) is 6.04 Å². The molecule has 1 N–H and O–H groups in total. The third kappa shape index (κ3) is 3.72. The maximum Gasteiger partial charge on any atom is 0.129 e. The minimum Gasteiger partial charge on any atom is -0.354 e. The molecule has 20 heavy (non-hydrogen) atoms. The maximum atomic E-state index is 4.86. The molecule has 1 saturated heterocycles. The Bertz CT molecular complexity index is 417. The van der Waals surface area contributed by atoms with Crippen LogP contribution in [0.25, 0.3) is 0 Å². The predicted octanol–water partition coefficient (Wildman–Crippen LogP) is 3.52. The average molecular weight is 275 g/mol. The Balaban J connectivity index is 2.16. The monoisotopic (exact) mass is 275 g/mol. The molecule has 0 bridgehead atoms. The molecule has 2 rings (SSSR count).